The first-order chi connectivity index (χ1) is 31.5. The lowest BCUT2D eigenvalue weighted by Crippen LogP contribution is -2.30. The normalized spacial score (nSPS) is 12.5. The van der Waals surface area contributed by atoms with Crippen molar-refractivity contribution in [1.29, 1.82) is 0 Å². The summed E-state index contributed by atoms with van der Waals surface area (Å²) >= 11 is 0. The van der Waals surface area contributed by atoms with E-state index >= 15 is 0 Å². The Morgan fingerprint density at radius 3 is 0.953 bits per heavy atom. The van der Waals surface area contributed by atoms with Gasteiger partial charge in [0.2, 0.25) is 0 Å². The largest absolute Gasteiger partial charge is 0.462 e. The van der Waals surface area contributed by atoms with E-state index in [9.17, 15) is 14.4 Å². The lowest BCUT2D eigenvalue weighted by atomic mass is 10.0. The Kier molecular flexibility index (Phi) is 50.4. The highest BCUT2D eigenvalue weighted by atomic mass is 16.6. The van der Waals surface area contributed by atoms with Crippen LogP contribution in [-0.4, -0.2) is 37.2 Å². The third-order valence-electron chi connectivity index (χ3n) is 11.8. The molecule has 0 aromatic carbocycles. The van der Waals surface area contributed by atoms with Gasteiger partial charge in [0.1, 0.15) is 13.2 Å². The van der Waals surface area contributed by atoms with Crippen LogP contribution in [0.3, 0.4) is 0 Å². The summed E-state index contributed by atoms with van der Waals surface area (Å²) in [4.78, 5) is 38.0. The van der Waals surface area contributed by atoms with Crippen molar-refractivity contribution in [3.05, 3.63) is 60.8 Å². The molecule has 0 aliphatic carbocycles. The van der Waals surface area contributed by atoms with Gasteiger partial charge in [-0.3, -0.25) is 14.4 Å². The first kappa shape index (κ1) is 61.1. The van der Waals surface area contributed by atoms with Gasteiger partial charge in [0.25, 0.3) is 0 Å². The molecule has 0 fully saturated rings. The molecule has 0 radical (unpaired) electrons. The van der Waals surface area contributed by atoms with Crippen LogP contribution in [0, 0.1) is 0 Å². The molecule has 370 valence electrons. The number of ether oxygens (including phenoxy) is 3. The van der Waals surface area contributed by atoms with Crippen LogP contribution in [0.25, 0.3) is 0 Å². The number of carbonyl (C=O) groups excluding carboxylic acids is 3. The summed E-state index contributed by atoms with van der Waals surface area (Å²) in [6.07, 6.45) is 64.8. The molecule has 1 unspecified atom stereocenters. The maximum Gasteiger partial charge on any atom is 0.306 e. The van der Waals surface area contributed by atoms with Crippen LogP contribution in [0.1, 0.15) is 271 Å². The Bertz CT molecular complexity index is 1170. The van der Waals surface area contributed by atoms with E-state index in [0.717, 1.165) is 96.3 Å². The van der Waals surface area contributed by atoms with E-state index in [0.29, 0.717) is 19.3 Å². The molecule has 0 bridgehead atoms. The molecule has 64 heavy (non-hydrogen) atoms. The minimum atomic E-state index is -0.786. The van der Waals surface area contributed by atoms with Gasteiger partial charge in [-0.15, -0.1) is 0 Å². The Labute approximate surface area is 396 Å². The third-order valence-corrected chi connectivity index (χ3v) is 11.8. The highest BCUT2D eigenvalue weighted by Gasteiger charge is 2.19. The zero-order chi connectivity index (χ0) is 46.5. The van der Waals surface area contributed by atoms with Crippen molar-refractivity contribution in [3.63, 3.8) is 0 Å². The number of hydrogen-bond acceptors (Lipinski definition) is 6. The summed E-state index contributed by atoms with van der Waals surface area (Å²) in [5, 5.41) is 0. The van der Waals surface area contributed by atoms with Gasteiger partial charge in [-0.2, -0.15) is 0 Å². The van der Waals surface area contributed by atoms with E-state index in [1.807, 2.05) is 0 Å². The van der Waals surface area contributed by atoms with Gasteiger partial charge < -0.3 is 14.2 Å². The van der Waals surface area contributed by atoms with Crippen molar-refractivity contribution in [2.24, 2.45) is 0 Å². The van der Waals surface area contributed by atoms with Crippen molar-refractivity contribution < 1.29 is 28.6 Å². The SMILES string of the molecule is CCCCC\C=C/C=C\C=C/C=C\CCCCCCCC(=O)OCC(COC(=O)CCCCCCCCCCCCCC)OC(=O)CCCCCCC/C=C\CCCCCCCCC. The summed E-state index contributed by atoms with van der Waals surface area (Å²) in [5.74, 6) is -0.907. The molecule has 6 nitrogen and oxygen atoms in total. The van der Waals surface area contributed by atoms with Crippen molar-refractivity contribution in [3.8, 4) is 0 Å². The van der Waals surface area contributed by atoms with E-state index in [-0.39, 0.29) is 31.1 Å². The second kappa shape index (κ2) is 52.7. The molecular formula is C58H102O6. The smallest absolute Gasteiger partial charge is 0.306 e. The van der Waals surface area contributed by atoms with Crippen LogP contribution in [0.15, 0.2) is 60.8 Å². The maximum atomic E-state index is 12.8. The Balaban J connectivity index is 4.42. The van der Waals surface area contributed by atoms with Crippen molar-refractivity contribution in [2.75, 3.05) is 13.2 Å². The summed E-state index contributed by atoms with van der Waals surface area (Å²) < 4.78 is 16.8. The molecule has 0 saturated carbocycles. The molecule has 0 spiro atoms. The fraction of sp³-hybridized carbons (Fsp3) is 0.776. The van der Waals surface area contributed by atoms with Gasteiger partial charge >= 0.3 is 17.9 Å². The third kappa shape index (κ3) is 50.1. The molecule has 0 heterocycles. The second-order valence-corrected chi connectivity index (χ2v) is 18.2. The zero-order valence-electron chi connectivity index (χ0n) is 42.3. The van der Waals surface area contributed by atoms with Crippen LogP contribution in [-0.2, 0) is 28.6 Å². The number of carbonyl (C=O) groups is 3. The summed E-state index contributed by atoms with van der Waals surface area (Å²) in [6, 6.07) is 0. The lowest BCUT2D eigenvalue weighted by molar-refractivity contribution is -0.167. The molecule has 0 N–H and O–H groups in total. The van der Waals surface area contributed by atoms with Crippen LogP contribution in [0.4, 0.5) is 0 Å². The average molecular weight is 895 g/mol. The molecule has 0 amide bonds. The van der Waals surface area contributed by atoms with Crippen LogP contribution >= 0.6 is 0 Å². The van der Waals surface area contributed by atoms with Gasteiger partial charge in [0.05, 0.1) is 0 Å². The van der Waals surface area contributed by atoms with Crippen LogP contribution in [0.5, 0.6) is 0 Å². The highest BCUT2D eigenvalue weighted by molar-refractivity contribution is 5.71. The Hall–Kier alpha value is -2.89. The standard InChI is InChI=1S/C58H102O6/c1-4-7-10-13-16-19-22-25-27-29-30-32-33-36-39-42-45-48-51-57(60)63-54-55(53-62-56(59)50-47-44-41-38-35-24-21-18-15-12-9-6-3)64-58(61)52-49-46-43-40-37-34-31-28-26-23-20-17-14-11-8-5-2/h16,19,22,25,27-32,55H,4-15,17-18,20-21,23-24,26,33-54H2,1-3H3/b19-16-,25-22-,29-27-,31-28-,32-30-. The van der Waals surface area contributed by atoms with Gasteiger partial charge in [-0.25, -0.2) is 0 Å². The topological polar surface area (TPSA) is 78.9 Å². The molecule has 0 aliphatic rings. The minimum absolute atomic E-state index is 0.0833. The summed E-state index contributed by atoms with van der Waals surface area (Å²) in [5.41, 5.74) is 0. The van der Waals surface area contributed by atoms with Crippen molar-refractivity contribution >= 4 is 17.9 Å². The minimum Gasteiger partial charge on any atom is -0.462 e. The van der Waals surface area contributed by atoms with E-state index < -0.39 is 6.10 Å². The fourth-order valence-corrected chi connectivity index (χ4v) is 7.68. The van der Waals surface area contributed by atoms with Gasteiger partial charge in [0, 0.05) is 19.3 Å². The number of allylic oxidation sites excluding steroid dienone is 10. The lowest BCUT2D eigenvalue weighted by Gasteiger charge is -2.18. The molecule has 1 atom stereocenters. The molecule has 0 rings (SSSR count). The zero-order valence-corrected chi connectivity index (χ0v) is 42.3. The predicted octanol–water partition coefficient (Wildman–Crippen LogP) is 18.0. The maximum absolute atomic E-state index is 12.8. The van der Waals surface area contributed by atoms with E-state index in [2.05, 4.69) is 81.5 Å². The van der Waals surface area contributed by atoms with E-state index in [1.54, 1.807) is 0 Å². The number of rotatable bonds is 49. The molecule has 0 aromatic rings. The molecule has 0 saturated heterocycles. The monoisotopic (exact) mass is 895 g/mol. The van der Waals surface area contributed by atoms with Gasteiger partial charge in [-0.1, -0.05) is 242 Å². The number of unbranched alkanes of at least 4 members (excludes halogenated alkanes) is 31. The molecule has 6 heteroatoms. The Morgan fingerprint density at radius 2 is 0.578 bits per heavy atom. The summed E-state index contributed by atoms with van der Waals surface area (Å²) in [6.45, 7) is 6.58. The summed E-state index contributed by atoms with van der Waals surface area (Å²) in [7, 11) is 0. The second-order valence-electron chi connectivity index (χ2n) is 18.2. The average Bonchev–Trinajstić information content (AvgIpc) is 3.29. The number of esters is 3. The molecular weight excluding hydrogens is 793 g/mol. The first-order valence-electron chi connectivity index (χ1n) is 27.3. The predicted molar refractivity (Wildman–Crippen MR) is 275 cm³/mol. The number of hydrogen-bond donors (Lipinski definition) is 0. The fourth-order valence-electron chi connectivity index (χ4n) is 7.68. The highest BCUT2D eigenvalue weighted by Crippen LogP contribution is 2.15. The van der Waals surface area contributed by atoms with E-state index in [1.165, 1.54) is 135 Å². The first-order valence-corrected chi connectivity index (χ1v) is 27.3. The van der Waals surface area contributed by atoms with Gasteiger partial charge in [-0.05, 0) is 70.6 Å². The van der Waals surface area contributed by atoms with Crippen LogP contribution in [0.2, 0.25) is 0 Å². The molecule has 0 aromatic heterocycles. The van der Waals surface area contributed by atoms with Crippen LogP contribution < -0.4 is 0 Å². The van der Waals surface area contributed by atoms with Crippen molar-refractivity contribution in [2.45, 2.75) is 277 Å². The van der Waals surface area contributed by atoms with Gasteiger partial charge in [0.15, 0.2) is 6.10 Å². The quantitative estimate of drug-likeness (QED) is 0.0199. The van der Waals surface area contributed by atoms with Crippen molar-refractivity contribution in [1.82, 2.24) is 0 Å². The molecule has 0 aliphatic heterocycles. The van der Waals surface area contributed by atoms with E-state index in [4.69, 9.17) is 14.2 Å². The Morgan fingerprint density at radius 1 is 0.312 bits per heavy atom.